The molecular formula is C51H61ClF3N7O8S2. The van der Waals surface area contributed by atoms with Crippen LogP contribution in [0.15, 0.2) is 101 Å². The van der Waals surface area contributed by atoms with Crippen LogP contribution in [0.1, 0.15) is 87.6 Å². The van der Waals surface area contributed by atoms with E-state index >= 15 is 0 Å². The van der Waals surface area contributed by atoms with Crippen molar-refractivity contribution in [1.29, 1.82) is 0 Å². The Balaban J connectivity index is 1.06. The van der Waals surface area contributed by atoms with Gasteiger partial charge in [0.2, 0.25) is 0 Å². The molecule has 21 heteroatoms. The number of anilines is 2. The van der Waals surface area contributed by atoms with Gasteiger partial charge in [0.15, 0.2) is 0 Å². The molecule has 4 N–H and O–H groups in total. The second-order valence-electron chi connectivity index (χ2n) is 19.2. The van der Waals surface area contributed by atoms with Crippen LogP contribution in [0.25, 0.3) is 16.6 Å². The Morgan fingerprint density at radius 2 is 1.64 bits per heavy atom. The Morgan fingerprint density at radius 3 is 2.36 bits per heavy atom. The van der Waals surface area contributed by atoms with Gasteiger partial charge in [-0.3, -0.25) is 14.5 Å². The quantitative estimate of drug-likeness (QED) is 0.0479. The molecule has 0 spiro atoms. The van der Waals surface area contributed by atoms with Crippen LogP contribution in [-0.2, 0) is 24.7 Å². The maximum absolute atomic E-state index is 14.1. The number of H-pyrrole nitrogens is 1. The number of unbranched alkanes of at least 4 members (excludes halogenated alkanes) is 3. The van der Waals surface area contributed by atoms with Crippen LogP contribution >= 0.6 is 11.6 Å². The molecule has 7 rings (SSSR count). The van der Waals surface area contributed by atoms with Crippen LogP contribution < -0.4 is 19.7 Å². The van der Waals surface area contributed by atoms with E-state index in [1.165, 1.54) is 29.0 Å². The molecule has 15 nitrogen and oxygen atoms in total. The van der Waals surface area contributed by atoms with Gasteiger partial charge in [0.25, 0.3) is 25.8 Å². The second-order valence-corrected chi connectivity index (χ2v) is 23.3. The summed E-state index contributed by atoms with van der Waals surface area (Å²) in [5.74, 6) is -1.80. The lowest BCUT2D eigenvalue weighted by atomic mass is 9.72. The summed E-state index contributed by atoms with van der Waals surface area (Å²) in [6, 6.07) is 18.4. The van der Waals surface area contributed by atoms with Crippen molar-refractivity contribution in [3.05, 3.63) is 107 Å². The number of carboxylic acid groups (broad SMARTS) is 1. The highest BCUT2D eigenvalue weighted by Gasteiger charge is 2.48. The minimum absolute atomic E-state index is 0.0248. The van der Waals surface area contributed by atoms with E-state index in [0.29, 0.717) is 66.8 Å². The molecule has 0 radical (unpaired) electrons. The van der Waals surface area contributed by atoms with Gasteiger partial charge in [0.1, 0.15) is 22.0 Å². The van der Waals surface area contributed by atoms with Gasteiger partial charge in [-0.15, -0.1) is 0 Å². The molecule has 5 aromatic rings. The van der Waals surface area contributed by atoms with Crippen LogP contribution in [-0.4, -0.2) is 119 Å². The molecule has 0 atom stereocenters. The topological polar surface area (TPSA) is 194 Å². The first kappa shape index (κ1) is 54.1. The predicted octanol–water partition coefficient (Wildman–Crippen LogP) is 9.98. The number of aromatic nitrogens is 2. The van der Waals surface area contributed by atoms with Crippen LogP contribution in [0.5, 0.6) is 11.5 Å². The summed E-state index contributed by atoms with van der Waals surface area (Å²) in [4.78, 5) is 36.5. The standard InChI is InChI=1S/C51H61ClF3N7O8S2/c1-50(2)20-18-37(43(32-50)35-10-12-38(52)13-11-35)34-61-25-27-62(28-26-61)39-14-16-42(45(30-39)70-40-29-36-19-22-57-48(36)58-33-40)49(65)59-72(68,69)41-15-17-44(46(31-41)71(66,67)51(53,54)55)56-21-8-24-60(3)23-7-5-4-6-9-47(63)64/h10-17,19,22,29-31,33,56H,4-9,18,20-21,23-28,32,34H2,1-3H3,(H,57,58)(H,59,65)(H,63,64). The van der Waals surface area contributed by atoms with Crippen molar-refractivity contribution in [2.75, 3.05) is 69.6 Å². The maximum atomic E-state index is 14.1. The number of allylic oxidation sites excluding steroid dienone is 1. The molecule has 0 unspecified atom stereocenters. The number of halogens is 4. The molecule has 1 aliphatic heterocycles. The van der Waals surface area contributed by atoms with Crippen molar-refractivity contribution in [2.24, 2.45) is 5.41 Å². The molecule has 0 saturated carbocycles. The number of carboxylic acids is 1. The van der Waals surface area contributed by atoms with Gasteiger partial charge in [-0.05, 0) is 130 Å². The summed E-state index contributed by atoms with van der Waals surface area (Å²) in [5.41, 5.74) is -1.04. The largest absolute Gasteiger partial charge is 0.501 e. The molecule has 1 amide bonds. The number of pyridine rings is 1. The van der Waals surface area contributed by atoms with Crippen molar-refractivity contribution in [3.63, 3.8) is 0 Å². The summed E-state index contributed by atoms with van der Waals surface area (Å²) in [6.45, 7) is 9.42. The zero-order valence-corrected chi connectivity index (χ0v) is 42.9. The number of piperazine rings is 1. The van der Waals surface area contributed by atoms with E-state index in [1.54, 1.807) is 30.5 Å². The number of carbonyl (C=O) groups is 2. The van der Waals surface area contributed by atoms with E-state index < -0.39 is 52.7 Å². The molecule has 1 fully saturated rings. The number of carbonyl (C=O) groups excluding carboxylic acids is 1. The number of alkyl halides is 3. The van der Waals surface area contributed by atoms with Crippen LogP contribution in [0.4, 0.5) is 24.5 Å². The fourth-order valence-electron chi connectivity index (χ4n) is 9.07. The summed E-state index contributed by atoms with van der Waals surface area (Å²) in [6.07, 6.45) is 9.69. The van der Waals surface area contributed by atoms with Gasteiger partial charge in [0.05, 0.1) is 22.3 Å². The number of aromatic amines is 1. The van der Waals surface area contributed by atoms with E-state index in [-0.39, 0.29) is 35.4 Å². The Kier molecular flexibility index (Phi) is 17.3. The molecule has 1 aliphatic carbocycles. The van der Waals surface area contributed by atoms with Gasteiger partial charge in [-0.1, -0.05) is 56.0 Å². The first-order chi connectivity index (χ1) is 34.1. The van der Waals surface area contributed by atoms with Crippen molar-refractivity contribution in [1.82, 2.24) is 24.5 Å². The summed E-state index contributed by atoms with van der Waals surface area (Å²) >= 11 is 6.24. The van der Waals surface area contributed by atoms with Gasteiger partial charge in [-0.25, -0.2) is 26.5 Å². The van der Waals surface area contributed by atoms with Gasteiger partial charge >= 0.3 is 11.5 Å². The number of sulfone groups is 1. The molecule has 3 heterocycles. The first-order valence-corrected chi connectivity index (χ1v) is 27.3. The number of fused-ring (bicyclic) bond motifs is 1. The normalized spacial score (nSPS) is 15.8. The van der Waals surface area contributed by atoms with Crippen LogP contribution in [0.2, 0.25) is 5.02 Å². The zero-order chi connectivity index (χ0) is 51.8. The lowest BCUT2D eigenvalue weighted by molar-refractivity contribution is -0.137. The highest BCUT2D eigenvalue weighted by molar-refractivity contribution is 7.92. The van der Waals surface area contributed by atoms with Gasteiger partial charge in [0, 0.05) is 74.0 Å². The van der Waals surface area contributed by atoms with Crippen molar-refractivity contribution >= 4 is 71.3 Å². The number of sulfonamides is 1. The molecular weight excluding hydrogens is 995 g/mol. The highest BCUT2D eigenvalue weighted by atomic mass is 35.5. The number of hydrogen-bond donors (Lipinski definition) is 4. The third-order valence-electron chi connectivity index (χ3n) is 13.1. The van der Waals surface area contributed by atoms with Crippen molar-refractivity contribution < 1.29 is 49.4 Å². The van der Waals surface area contributed by atoms with E-state index in [2.05, 4.69) is 51.1 Å². The molecule has 2 aliphatic rings. The van der Waals surface area contributed by atoms with Crippen molar-refractivity contribution in [2.45, 2.75) is 86.9 Å². The van der Waals surface area contributed by atoms with Gasteiger partial charge < -0.3 is 29.9 Å². The molecule has 72 heavy (non-hydrogen) atoms. The summed E-state index contributed by atoms with van der Waals surface area (Å²) in [5, 5.41) is 12.9. The van der Waals surface area contributed by atoms with Crippen LogP contribution in [0.3, 0.4) is 0 Å². The van der Waals surface area contributed by atoms with Crippen molar-refractivity contribution in [3.8, 4) is 11.5 Å². The number of nitrogens with zero attached hydrogens (tertiary/aromatic N) is 4. The highest BCUT2D eigenvalue weighted by Crippen LogP contribution is 2.44. The molecule has 3 aromatic carbocycles. The summed E-state index contributed by atoms with van der Waals surface area (Å²) < 4.78 is 104. The number of nitrogens with one attached hydrogen (secondary N) is 3. The average Bonchev–Trinajstić information content (AvgIpc) is 3.80. The Labute approximate surface area is 423 Å². The lowest BCUT2D eigenvalue weighted by Crippen LogP contribution is -2.47. The Morgan fingerprint density at radius 1 is 0.917 bits per heavy atom. The molecule has 1 saturated heterocycles. The molecule has 0 bridgehead atoms. The molecule has 2 aromatic heterocycles. The predicted molar refractivity (Wildman–Crippen MR) is 273 cm³/mol. The number of amides is 1. The molecule has 388 valence electrons. The van der Waals surface area contributed by atoms with E-state index in [9.17, 15) is 39.6 Å². The lowest BCUT2D eigenvalue weighted by Gasteiger charge is -2.39. The number of aliphatic carboxylic acids is 1. The van der Waals surface area contributed by atoms with Gasteiger partial charge in [-0.2, -0.15) is 13.2 Å². The summed E-state index contributed by atoms with van der Waals surface area (Å²) in [7, 11) is -9.22. The number of benzene rings is 3. The first-order valence-electron chi connectivity index (χ1n) is 23.9. The Hall–Kier alpha value is -5.67. The fraction of sp³-hybridized carbons (Fsp3) is 0.431. The third kappa shape index (κ3) is 13.9. The third-order valence-corrected chi connectivity index (χ3v) is 16.2. The number of rotatable bonds is 22. The average molecular weight is 1060 g/mol. The minimum atomic E-state index is -6.08. The maximum Gasteiger partial charge on any atom is 0.501 e. The second kappa shape index (κ2) is 23.0. The van der Waals surface area contributed by atoms with Crippen LogP contribution in [0, 0.1) is 5.41 Å². The minimum Gasteiger partial charge on any atom is -0.481 e. The number of hydrogen-bond acceptors (Lipinski definition) is 12. The smallest absolute Gasteiger partial charge is 0.481 e. The SMILES string of the molecule is CN(CCCCCCC(=O)O)CCCNc1ccc(S(=O)(=O)NC(=O)c2ccc(N3CCN(CC4=C(c5ccc(Cl)cc5)CC(C)(C)CC4)CC3)cc2Oc2cnc3[nH]ccc3c2)cc1S(=O)(=O)C(F)(F)F. The van der Waals surface area contributed by atoms with E-state index in [0.717, 1.165) is 70.3 Å². The monoisotopic (exact) mass is 1060 g/mol. The van der Waals surface area contributed by atoms with E-state index in [4.69, 9.17) is 21.4 Å². The Bertz CT molecular complexity index is 3000. The van der Waals surface area contributed by atoms with E-state index in [1.807, 2.05) is 28.8 Å². The number of ether oxygens (including phenoxy) is 1. The zero-order valence-electron chi connectivity index (χ0n) is 40.5. The fourth-order valence-corrected chi connectivity index (χ4v) is 11.2.